The first-order chi connectivity index (χ1) is 9.66. The van der Waals surface area contributed by atoms with Crippen molar-refractivity contribution in [2.75, 3.05) is 0 Å². The standard InChI is InChI=1S/C15H23N3O2/c16-14(18-20)15(5-1-2-6-15)17-13(19)12-10-8-3-4-9(7-8)11(10)12/h8-12,20H,1-7H2,(H2,16,18)(H,17,19). The third kappa shape index (κ3) is 1.55. The maximum Gasteiger partial charge on any atom is 0.224 e. The third-order valence-electron chi connectivity index (χ3n) is 6.46. The molecule has 0 aromatic carbocycles. The highest BCUT2D eigenvalue weighted by Gasteiger charge is 2.67. The Morgan fingerprint density at radius 2 is 1.80 bits per heavy atom. The molecule has 4 unspecified atom stereocenters. The highest BCUT2D eigenvalue weighted by Crippen LogP contribution is 2.69. The molecular formula is C15H23N3O2. The molecule has 0 spiro atoms. The Labute approximate surface area is 119 Å². The van der Waals surface area contributed by atoms with Gasteiger partial charge in [0.25, 0.3) is 0 Å². The average Bonchev–Trinajstić information content (AvgIpc) is 2.84. The number of amidine groups is 1. The summed E-state index contributed by atoms with van der Waals surface area (Å²) in [5, 5.41) is 15.3. The van der Waals surface area contributed by atoms with Gasteiger partial charge in [-0.25, -0.2) is 0 Å². The van der Waals surface area contributed by atoms with Crippen LogP contribution in [0.25, 0.3) is 0 Å². The SMILES string of the molecule is NC(=NO)C1(NC(=O)C2C3C4CCC(C4)C23)CCCC1. The number of nitrogens with one attached hydrogen (secondary N) is 1. The van der Waals surface area contributed by atoms with Crippen molar-refractivity contribution in [1.29, 1.82) is 0 Å². The molecule has 4 aliphatic carbocycles. The van der Waals surface area contributed by atoms with Gasteiger partial charge < -0.3 is 16.3 Å². The number of fused-ring (bicyclic) bond motifs is 5. The predicted molar refractivity (Wildman–Crippen MR) is 74.1 cm³/mol. The van der Waals surface area contributed by atoms with Gasteiger partial charge in [-0.15, -0.1) is 0 Å². The van der Waals surface area contributed by atoms with E-state index in [1.165, 1.54) is 19.3 Å². The first-order valence-electron chi connectivity index (χ1n) is 7.96. The molecule has 1 amide bonds. The number of carbonyl (C=O) groups excluding carboxylic acids is 1. The van der Waals surface area contributed by atoms with Gasteiger partial charge in [-0.3, -0.25) is 4.79 Å². The van der Waals surface area contributed by atoms with Gasteiger partial charge in [-0.1, -0.05) is 18.0 Å². The molecule has 4 atom stereocenters. The summed E-state index contributed by atoms with van der Waals surface area (Å²) in [4.78, 5) is 12.6. The highest BCUT2D eigenvalue weighted by atomic mass is 16.4. The number of oxime groups is 1. The van der Waals surface area contributed by atoms with Gasteiger partial charge in [0.05, 0.1) is 0 Å². The zero-order chi connectivity index (χ0) is 13.9. The minimum absolute atomic E-state index is 0.157. The number of carbonyl (C=O) groups is 1. The molecule has 0 aromatic rings. The van der Waals surface area contributed by atoms with Crippen molar-refractivity contribution >= 4 is 11.7 Å². The second-order valence-corrected chi connectivity index (χ2v) is 7.28. The van der Waals surface area contributed by atoms with E-state index in [-0.39, 0.29) is 17.7 Å². The maximum absolute atomic E-state index is 12.6. The fraction of sp³-hybridized carbons (Fsp3) is 0.867. The highest BCUT2D eigenvalue weighted by molar-refractivity contribution is 5.95. The lowest BCUT2D eigenvalue weighted by Gasteiger charge is -2.29. The van der Waals surface area contributed by atoms with Gasteiger partial charge in [0.1, 0.15) is 5.54 Å². The van der Waals surface area contributed by atoms with Crippen molar-refractivity contribution in [1.82, 2.24) is 5.32 Å². The van der Waals surface area contributed by atoms with E-state index in [4.69, 9.17) is 10.9 Å². The van der Waals surface area contributed by atoms with Gasteiger partial charge >= 0.3 is 0 Å². The maximum atomic E-state index is 12.6. The summed E-state index contributed by atoms with van der Waals surface area (Å²) < 4.78 is 0. The molecular weight excluding hydrogens is 254 g/mol. The smallest absolute Gasteiger partial charge is 0.224 e. The molecule has 4 aliphatic rings. The molecule has 110 valence electrons. The van der Waals surface area contributed by atoms with Crippen molar-refractivity contribution in [3.05, 3.63) is 0 Å². The molecule has 4 N–H and O–H groups in total. The van der Waals surface area contributed by atoms with E-state index in [0.717, 1.165) is 37.5 Å². The molecule has 20 heavy (non-hydrogen) atoms. The van der Waals surface area contributed by atoms with E-state index in [1.54, 1.807) is 0 Å². The molecule has 0 heterocycles. The summed E-state index contributed by atoms with van der Waals surface area (Å²) in [5.74, 6) is 3.42. The van der Waals surface area contributed by atoms with Gasteiger partial charge in [0.2, 0.25) is 5.91 Å². The molecule has 0 aliphatic heterocycles. The van der Waals surface area contributed by atoms with Crippen molar-refractivity contribution in [2.45, 2.75) is 50.5 Å². The van der Waals surface area contributed by atoms with Crippen LogP contribution in [0.15, 0.2) is 5.16 Å². The summed E-state index contributed by atoms with van der Waals surface area (Å²) in [6, 6.07) is 0. The molecule has 4 saturated carbocycles. The van der Waals surface area contributed by atoms with Crippen LogP contribution >= 0.6 is 0 Å². The zero-order valence-electron chi connectivity index (χ0n) is 11.7. The average molecular weight is 277 g/mol. The fourth-order valence-electron chi connectivity index (χ4n) is 5.51. The minimum atomic E-state index is -0.582. The molecule has 0 saturated heterocycles. The summed E-state index contributed by atoms with van der Waals surface area (Å²) >= 11 is 0. The Hall–Kier alpha value is -1.26. The molecule has 0 aromatic heterocycles. The van der Waals surface area contributed by atoms with Crippen LogP contribution in [0.4, 0.5) is 0 Å². The van der Waals surface area contributed by atoms with Crippen LogP contribution in [0.2, 0.25) is 0 Å². The van der Waals surface area contributed by atoms with Crippen LogP contribution in [0.5, 0.6) is 0 Å². The number of amides is 1. The van der Waals surface area contributed by atoms with Crippen LogP contribution in [0, 0.1) is 29.6 Å². The van der Waals surface area contributed by atoms with Crippen molar-refractivity contribution in [3.8, 4) is 0 Å². The summed E-state index contributed by atoms with van der Waals surface area (Å²) in [7, 11) is 0. The first kappa shape index (κ1) is 12.5. The lowest BCUT2D eigenvalue weighted by atomic mass is 9.94. The third-order valence-corrected chi connectivity index (χ3v) is 6.46. The summed E-state index contributed by atoms with van der Waals surface area (Å²) in [5.41, 5.74) is 5.27. The van der Waals surface area contributed by atoms with E-state index in [9.17, 15) is 4.79 Å². The van der Waals surface area contributed by atoms with Crippen molar-refractivity contribution < 1.29 is 10.0 Å². The Balaban J connectivity index is 1.48. The lowest BCUT2D eigenvalue weighted by molar-refractivity contribution is -0.124. The molecule has 5 nitrogen and oxygen atoms in total. The fourth-order valence-corrected chi connectivity index (χ4v) is 5.51. The van der Waals surface area contributed by atoms with Crippen LogP contribution in [-0.2, 0) is 4.79 Å². The minimum Gasteiger partial charge on any atom is -0.409 e. The van der Waals surface area contributed by atoms with E-state index < -0.39 is 5.54 Å². The quantitative estimate of drug-likeness (QED) is 0.316. The van der Waals surface area contributed by atoms with Crippen LogP contribution in [0.1, 0.15) is 44.9 Å². The van der Waals surface area contributed by atoms with Crippen LogP contribution < -0.4 is 11.1 Å². The summed E-state index contributed by atoms with van der Waals surface area (Å²) in [6.45, 7) is 0. The molecule has 0 radical (unpaired) electrons. The van der Waals surface area contributed by atoms with E-state index in [1.807, 2.05) is 0 Å². The molecule has 4 fully saturated rings. The molecule has 5 heteroatoms. The largest absolute Gasteiger partial charge is 0.409 e. The number of hydrogen-bond acceptors (Lipinski definition) is 3. The normalized spacial score (nSPS) is 44.4. The van der Waals surface area contributed by atoms with Crippen LogP contribution in [-0.4, -0.2) is 22.5 Å². The van der Waals surface area contributed by atoms with Gasteiger partial charge in [0.15, 0.2) is 5.84 Å². The van der Waals surface area contributed by atoms with Crippen molar-refractivity contribution in [3.63, 3.8) is 0 Å². The zero-order valence-corrected chi connectivity index (χ0v) is 11.7. The van der Waals surface area contributed by atoms with Crippen molar-refractivity contribution in [2.24, 2.45) is 40.5 Å². The Morgan fingerprint density at radius 3 is 2.35 bits per heavy atom. The van der Waals surface area contributed by atoms with Crippen LogP contribution in [0.3, 0.4) is 0 Å². The molecule has 4 rings (SSSR count). The Bertz CT molecular complexity index is 454. The second-order valence-electron chi connectivity index (χ2n) is 7.28. The Kier molecular flexibility index (Phi) is 2.57. The van der Waals surface area contributed by atoms with Gasteiger partial charge in [0, 0.05) is 5.92 Å². The van der Waals surface area contributed by atoms with E-state index in [2.05, 4.69) is 10.5 Å². The molecule has 2 bridgehead atoms. The topological polar surface area (TPSA) is 87.7 Å². The number of nitrogens with two attached hydrogens (primary N) is 1. The van der Waals surface area contributed by atoms with E-state index >= 15 is 0 Å². The predicted octanol–water partition coefficient (Wildman–Crippen LogP) is 1.45. The number of hydrogen-bond donors (Lipinski definition) is 3. The Morgan fingerprint density at radius 1 is 1.20 bits per heavy atom. The van der Waals surface area contributed by atoms with Gasteiger partial charge in [-0.2, -0.15) is 0 Å². The summed E-state index contributed by atoms with van der Waals surface area (Å²) in [6.07, 6.45) is 7.64. The lowest BCUT2D eigenvalue weighted by Crippen LogP contribution is -2.56. The monoisotopic (exact) mass is 277 g/mol. The second kappa shape index (κ2) is 4.12. The number of rotatable bonds is 3. The first-order valence-corrected chi connectivity index (χ1v) is 7.96. The van der Waals surface area contributed by atoms with E-state index in [0.29, 0.717) is 11.8 Å². The van der Waals surface area contributed by atoms with Gasteiger partial charge in [-0.05, 0) is 55.8 Å². The number of nitrogens with zero attached hydrogens (tertiary/aromatic N) is 1.